The van der Waals surface area contributed by atoms with Gasteiger partial charge in [0.15, 0.2) is 5.82 Å². The van der Waals surface area contributed by atoms with Crippen molar-refractivity contribution in [3.63, 3.8) is 0 Å². The summed E-state index contributed by atoms with van der Waals surface area (Å²) in [6.07, 6.45) is -5.36. The van der Waals surface area contributed by atoms with E-state index in [1.807, 2.05) is 18.2 Å². The predicted molar refractivity (Wildman–Crippen MR) is 118 cm³/mol. The molecule has 10 heteroatoms. The van der Waals surface area contributed by atoms with Crippen LogP contribution in [-0.4, -0.2) is 43.5 Å². The number of nitrogens with two attached hydrogens (primary N) is 1. The lowest BCUT2D eigenvalue weighted by atomic mass is 10.00. The van der Waals surface area contributed by atoms with E-state index in [9.17, 15) is 13.2 Å². The van der Waals surface area contributed by atoms with Gasteiger partial charge in [-0.1, -0.05) is 12.1 Å². The molecular weight excluding hydrogens is 421 g/mol. The smallest absolute Gasteiger partial charge is 0.416 e. The first-order chi connectivity index (χ1) is 15.3. The van der Waals surface area contributed by atoms with E-state index in [1.165, 1.54) is 20.1 Å². The van der Waals surface area contributed by atoms with Crippen molar-refractivity contribution in [3.8, 4) is 5.88 Å². The highest BCUT2D eigenvalue weighted by Crippen LogP contribution is 2.36. The second-order valence-corrected chi connectivity index (χ2v) is 7.66. The Balaban J connectivity index is 1.72. The van der Waals surface area contributed by atoms with Crippen LogP contribution in [0.4, 0.5) is 24.7 Å². The number of aromatic nitrogens is 2. The van der Waals surface area contributed by atoms with Crippen LogP contribution in [-0.2, 0) is 6.18 Å². The maximum atomic E-state index is 13.3. The van der Waals surface area contributed by atoms with Gasteiger partial charge in [-0.25, -0.2) is 0 Å². The molecule has 1 aliphatic rings. The standard InChI is InChI=1S/C22H25F3N6O/c1-13-15(4-3-5-18(13)22(23,24)25)19(26)28-20-17-12-14(31-10-8-27-9-11-31)6-7-16(17)21(32-2)30-29-20/h3-7,12,19,27H,8-11,26H2,1-2H3,(H,28,29)/t19-/m0/s1. The fourth-order valence-corrected chi connectivity index (χ4v) is 4.02. The quantitative estimate of drug-likeness (QED) is 0.518. The minimum absolute atomic E-state index is 0.0762. The summed E-state index contributed by atoms with van der Waals surface area (Å²) >= 11 is 0. The third-order valence-electron chi connectivity index (χ3n) is 5.71. The molecule has 4 N–H and O–H groups in total. The Morgan fingerprint density at radius 2 is 1.88 bits per heavy atom. The molecule has 2 heterocycles. The zero-order valence-electron chi connectivity index (χ0n) is 17.8. The van der Waals surface area contributed by atoms with Crippen molar-refractivity contribution in [1.82, 2.24) is 15.5 Å². The maximum Gasteiger partial charge on any atom is 0.416 e. The van der Waals surface area contributed by atoms with Gasteiger partial charge in [0.05, 0.1) is 12.7 Å². The molecule has 0 unspecified atom stereocenters. The Morgan fingerprint density at radius 1 is 1.12 bits per heavy atom. The van der Waals surface area contributed by atoms with E-state index in [1.54, 1.807) is 6.07 Å². The fourth-order valence-electron chi connectivity index (χ4n) is 4.02. The summed E-state index contributed by atoms with van der Waals surface area (Å²) in [5, 5.41) is 16.1. The van der Waals surface area contributed by atoms with Crippen LogP contribution in [0, 0.1) is 6.92 Å². The fraction of sp³-hybridized carbons (Fsp3) is 0.364. The molecular formula is C22H25F3N6O. The third-order valence-corrected chi connectivity index (χ3v) is 5.71. The third kappa shape index (κ3) is 4.28. The van der Waals surface area contributed by atoms with Crippen LogP contribution in [0.1, 0.15) is 22.9 Å². The summed E-state index contributed by atoms with van der Waals surface area (Å²) in [4.78, 5) is 2.25. The van der Waals surface area contributed by atoms with Gasteiger partial charge in [-0.3, -0.25) is 0 Å². The number of piperazine rings is 1. The van der Waals surface area contributed by atoms with Gasteiger partial charge in [-0.2, -0.15) is 13.2 Å². The molecule has 4 rings (SSSR count). The first kappa shape index (κ1) is 22.1. The molecule has 0 amide bonds. The normalized spacial score (nSPS) is 15.6. The number of methoxy groups -OCH3 is 1. The molecule has 3 aromatic rings. The molecule has 1 atom stereocenters. The number of ether oxygens (including phenoxy) is 1. The summed E-state index contributed by atoms with van der Waals surface area (Å²) in [7, 11) is 1.51. The van der Waals surface area contributed by atoms with E-state index in [0.717, 1.165) is 48.7 Å². The van der Waals surface area contributed by atoms with Gasteiger partial charge in [0.25, 0.3) is 0 Å². The lowest BCUT2D eigenvalue weighted by Crippen LogP contribution is -2.43. The Bertz CT molecular complexity index is 1110. The molecule has 32 heavy (non-hydrogen) atoms. The van der Waals surface area contributed by atoms with Crippen LogP contribution < -0.4 is 26.0 Å². The van der Waals surface area contributed by atoms with Crippen molar-refractivity contribution < 1.29 is 17.9 Å². The van der Waals surface area contributed by atoms with Gasteiger partial charge < -0.3 is 26.0 Å². The molecule has 0 saturated carbocycles. The molecule has 2 aromatic carbocycles. The Kier molecular flexibility index (Phi) is 6.07. The first-order valence-corrected chi connectivity index (χ1v) is 10.3. The average molecular weight is 446 g/mol. The number of alkyl halides is 3. The van der Waals surface area contributed by atoms with E-state index in [4.69, 9.17) is 10.5 Å². The molecule has 0 spiro atoms. The minimum Gasteiger partial charge on any atom is -0.479 e. The highest BCUT2D eigenvalue weighted by molar-refractivity contribution is 5.97. The number of hydrogen-bond donors (Lipinski definition) is 3. The molecule has 0 aliphatic carbocycles. The van der Waals surface area contributed by atoms with Crippen LogP contribution >= 0.6 is 0 Å². The van der Waals surface area contributed by atoms with Crippen LogP contribution in [0.15, 0.2) is 36.4 Å². The van der Waals surface area contributed by atoms with Crippen molar-refractivity contribution >= 4 is 22.3 Å². The topological polar surface area (TPSA) is 88.3 Å². The van der Waals surface area contributed by atoms with E-state index < -0.39 is 17.9 Å². The molecule has 1 aliphatic heterocycles. The number of anilines is 2. The number of benzene rings is 2. The van der Waals surface area contributed by atoms with Crippen molar-refractivity contribution in [2.24, 2.45) is 5.73 Å². The van der Waals surface area contributed by atoms with Crippen LogP contribution in [0.2, 0.25) is 0 Å². The SMILES string of the molecule is COc1nnc(N[C@H](N)c2cccc(C(F)(F)F)c2C)c2cc(N3CCNCC3)ccc12. The van der Waals surface area contributed by atoms with E-state index in [-0.39, 0.29) is 5.56 Å². The molecule has 0 radical (unpaired) electrons. The largest absolute Gasteiger partial charge is 0.479 e. The van der Waals surface area contributed by atoms with E-state index >= 15 is 0 Å². The van der Waals surface area contributed by atoms with Gasteiger partial charge >= 0.3 is 6.18 Å². The molecule has 1 fully saturated rings. The molecule has 1 aromatic heterocycles. The van der Waals surface area contributed by atoms with Gasteiger partial charge in [-0.15, -0.1) is 10.2 Å². The highest BCUT2D eigenvalue weighted by Gasteiger charge is 2.33. The Hall–Kier alpha value is -3.11. The van der Waals surface area contributed by atoms with Gasteiger partial charge in [0, 0.05) is 42.6 Å². The molecule has 1 saturated heterocycles. The van der Waals surface area contributed by atoms with Gasteiger partial charge in [0.2, 0.25) is 5.88 Å². The predicted octanol–water partition coefficient (Wildman–Crippen LogP) is 3.44. The lowest BCUT2D eigenvalue weighted by Gasteiger charge is -2.29. The Morgan fingerprint density at radius 3 is 2.56 bits per heavy atom. The summed E-state index contributed by atoms with van der Waals surface area (Å²) in [5.41, 5.74) is 7.00. The van der Waals surface area contributed by atoms with Crippen molar-refractivity contribution in [1.29, 1.82) is 0 Å². The lowest BCUT2D eigenvalue weighted by molar-refractivity contribution is -0.138. The summed E-state index contributed by atoms with van der Waals surface area (Å²) in [6, 6.07) is 9.87. The maximum absolute atomic E-state index is 13.3. The summed E-state index contributed by atoms with van der Waals surface area (Å²) in [6.45, 7) is 4.93. The van der Waals surface area contributed by atoms with E-state index in [2.05, 4.69) is 25.7 Å². The second-order valence-electron chi connectivity index (χ2n) is 7.66. The zero-order valence-corrected chi connectivity index (χ0v) is 17.8. The molecule has 7 nitrogen and oxygen atoms in total. The van der Waals surface area contributed by atoms with E-state index in [0.29, 0.717) is 17.3 Å². The number of halogens is 3. The first-order valence-electron chi connectivity index (χ1n) is 10.3. The Labute approximate surface area is 183 Å². The van der Waals surface area contributed by atoms with Crippen molar-refractivity contribution in [2.75, 3.05) is 43.5 Å². The van der Waals surface area contributed by atoms with Crippen LogP contribution in [0.3, 0.4) is 0 Å². The monoisotopic (exact) mass is 446 g/mol. The number of hydrogen-bond acceptors (Lipinski definition) is 7. The number of nitrogens with one attached hydrogen (secondary N) is 2. The second kappa shape index (κ2) is 8.79. The van der Waals surface area contributed by atoms with Crippen LogP contribution in [0.25, 0.3) is 10.8 Å². The van der Waals surface area contributed by atoms with Crippen molar-refractivity contribution in [2.45, 2.75) is 19.3 Å². The average Bonchev–Trinajstić information content (AvgIpc) is 2.79. The zero-order chi connectivity index (χ0) is 22.9. The minimum atomic E-state index is -4.45. The highest BCUT2D eigenvalue weighted by atomic mass is 19.4. The number of nitrogens with zero attached hydrogens (tertiary/aromatic N) is 3. The summed E-state index contributed by atoms with van der Waals surface area (Å²) < 4.78 is 45.3. The van der Waals surface area contributed by atoms with Crippen molar-refractivity contribution in [3.05, 3.63) is 53.1 Å². The number of rotatable bonds is 5. The molecule has 170 valence electrons. The number of fused-ring (bicyclic) bond motifs is 1. The van der Waals surface area contributed by atoms with Gasteiger partial charge in [0.1, 0.15) is 6.17 Å². The summed E-state index contributed by atoms with van der Waals surface area (Å²) in [5.74, 6) is 0.739. The molecule has 0 bridgehead atoms. The van der Waals surface area contributed by atoms with Gasteiger partial charge in [-0.05, 0) is 42.3 Å². The van der Waals surface area contributed by atoms with Crippen LogP contribution in [0.5, 0.6) is 5.88 Å².